The van der Waals surface area contributed by atoms with Crippen LogP contribution in [0.15, 0.2) is 12.3 Å². The van der Waals surface area contributed by atoms with Crippen LogP contribution in [0.5, 0.6) is 0 Å². The van der Waals surface area contributed by atoms with Crippen LogP contribution in [0, 0.1) is 11.8 Å². The van der Waals surface area contributed by atoms with E-state index in [2.05, 4.69) is 17.3 Å². The van der Waals surface area contributed by atoms with Gasteiger partial charge in [0.05, 0.1) is 24.9 Å². The van der Waals surface area contributed by atoms with Gasteiger partial charge in [0.2, 0.25) is 5.91 Å². The fraction of sp³-hybridized carbons (Fsp3) is 0.750. The van der Waals surface area contributed by atoms with Crippen LogP contribution in [0.2, 0.25) is 0 Å². The number of aromatic nitrogens is 2. The molecule has 2 fully saturated rings. The third-order valence-electron chi connectivity index (χ3n) is 4.71. The average molecular weight is 306 g/mol. The highest BCUT2D eigenvalue weighted by molar-refractivity contribution is 5.91. The summed E-state index contributed by atoms with van der Waals surface area (Å²) in [5.74, 6) is 1.83. The summed E-state index contributed by atoms with van der Waals surface area (Å²) in [6.45, 7) is 2.99. The molecule has 1 amide bonds. The van der Waals surface area contributed by atoms with E-state index in [0.29, 0.717) is 24.4 Å². The molecule has 1 aromatic heterocycles. The minimum atomic E-state index is -0.307. The smallest absolute Gasteiger partial charge is 0.239 e. The number of carbonyl (C=O) groups excluding carboxylic acids is 1. The van der Waals surface area contributed by atoms with E-state index >= 15 is 0 Å². The fourth-order valence-electron chi connectivity index (χ4n) is 2.96. The number of nitrogens with zero attached hydrogens (tertiary/aromatic N) is 3. The summed E-state index contributed by atoms with van der Waals surface area (Å²) in [5, 5.41) is 17.2. The molecular formula is C16H26N4O2. The highest BCUT2D eigenvalue weighted by atomic mass is 16.3. The zero-order valence-corrected chi connectivity index (χ0v) is 13.4. The van der Waals surface area contributed by atoms with Gasteiger partial charge in [0.25, 0.3) is 0 Å². The van der Waals surface area contributed by atoms with Crippen LogP contribution in [0.4, 0.5) is 5.82 Å². The third-order valence-corrected chi connectivity index (χ3v) is 4.71. The molecule has 122 valence electrons. The quantitative estimate of drug-likeness (QED) is 0.763. The zero-order valence-electron chi connectivity index (χ0n) is 13.4. The standard InChI is InChI=1S/C16H26N4O2/c1-11(12-3-4-12)20-15(7-8-17-20)18-16(22)10-19(2)9-14(21)13-5-6-13/h7-8,11-14,21H,3-6,9-10H2,1-2H3,(H,18,22). The number of aliphatic hydroxyl groups is 1. The lowest BCUT2D eigenvalue weighted by molar-refractivity contribution is -0.117. The molecule has 6 heteroatoms. The number of nitrogens with one attached hydrogen (secondary N) is 1. The van der Waals surface area contributed by atoms with Gasteiger partial charge >= 0.3 is 0 Å². The van der Waals surface area contributed by atoms with Crippen LogP contribution in [-0.4, -0.2) is 51.9 Å². The third kappa shape index (κ3) is 3.87. The van der Waals surface area contributed by atoms with Crippen LogP contribution >= 0.6 is 0 Å². The van der Waals surface area contributed by atoms with Crippen molar-refractivity contribution in [2.75, 3.05) is 25.5 Å². The number of aliphatic hydroxyl groups excluding tert-OH is 1. The second-order valence-electron chi connectivity index (χ2n) is 6.89. The summed E-state index contributed by atoms with van der Waals surface area (Å²) in [4.78, 5) is 14.1. The first kappa shape index (κ1) is 15.5. The van der Waals surface area contributed by atoms with Crippen molar-refractivity contribution in [3.63, 3.8) is 0 Å². The molecule has 0 radical (unpaired) electrons. The highest BCUT2D eigenvalue weighted by Gasteiger charge is 2.31. The van der Waals surface area contributed by atoms with Gasteiger partial charge in [0.15, 0.2) is 0 Å². The van der Waals surface area contributed by atoms with Crippen molar-refractivity contribution in [2.45, 2.75) is 44.8 Å². The van der Waals surface area contributed by atoms with Crippen molar-refractivity contribution in [3.8, 4) is 0 Å². The number of anilines is 1. The monoisotopic (exact) mass is 306 g/mol. The lowest BCUT2D eigenvalue weighted by Gasteiger charge is -2.20. The van der Waals surface area contributed by atoms with Crippen molar-refractivity contribution >= 4 is 11.7 Å². The maximum atomic E-state index is 12.2. The molecule has 0 spiro atoms. The number of rotatable bonds is 8. The minimum Gasteiger partial charge on any atom is -0.392 e. The summed E-state index contributed by atoms with van der Waals surface area (Å²) in [6.07, 6.45) is 6.14. The molecule has 3 rings (SSSR count). The first-order valence-electron chi connectivity index (χ1n) is 8.24. The molecule has 2 atom stereocenters. The van der Waals surface area contributed by atoms with Gasteiger partial charge in [-0.25, -0.2) is 4.68 Å². The number of amides is 1. The van der Waals surface area contributed by atoms with Crippen LogP contribution in [0.25, 0.3) is 0 Å². The van der Waals surface area contributed by atoms with Gasteiger partial charge in [0.1, 0.15) is 5.82 Å². The van der Waals surface area contributed by atoms with Crippen LogP contribution in [0.3, 0.4) is 0 Å². The number of carbonyl (C=O) groups is 1. The predicted molar refractivity (Wildman–Crippen MR) is 84.5 cm³/mol. The van der Waals surface area contributed by atoms with Crippen LogP contribution < -0.4 is 5.32 Å². The summed E-state index contributed by atoms with van der Waals surface area (Å²) < 4.78 is 1.91. The molecule has 2 unspecified atom stereocenters. The Balaban J connectivity index is 1.49. The second-order valence-corrected chi connectivity index (χ2v) is 6.89. The second kappa shape index (κ2) is 6.38. The number of hydrogen-bond acceptors (Lipinski definition) is 4. The molecule has 2 saturated carbocycles. The van der Waals surface area contributed by atoms with Gasteiger partial charge < -0.3 is 10.4 Å². The molecular weight excluding hydrogens is 280 g/mol. The van der Waals surface area contributed by atoms with Gasteiger partial charge in [-0.05, 0) is 51.5 Å². The van der Waals surface area contributed by atoms with E-state index in [9.17, 15) is 9.90 Å². The Labute approximate surface area is 131 Å². The zero-order chi connectivity index (χ0) is 15.7. The Hall–Kier alpha value is -1.40. The summed E-state index contributed by atoms with van der Waals surface area (Å²) in [5.41, 5.74) is 0. The first-order chi connectivity index (χ1) is 10.5. The van der Waals surface area contributed by atoms with Crippen molar-refractivity contribution in [1.29, 1.82) is 0 Å². The maximum absolute atomic E-state index is 12.2. The molecule has 1 aromatic rings. The van der Waals surface area contributed by atoms with E-state index in [1.54, 1.807) is 6.20 Å². The lowest BCUT2D eigenvalue weighted by Crippen LogP contribution is -2.36. The van der Waals surface area contributed by atoms with Crippen LogP contribution in [0.1, 0.15) is 38.6 Å². The summed E-state index contributed by atoms with van der Waals surface area (Å²) in [6, 6.07) is 2.18. The Morgan fingerprint density at radius 1 is 1.45 bits per heavy atom. The van der Waals surface area contributed by atoms with Crippen molar-refractivity contribution < 1.29 is 9.90 Å². The Morgan fingerprint density at radius 3 is 2.77 bits per heavy atom. The van der Waals surface area contributed by atoms with E-state index < -0.39 is 0 Å². The van der Waals surface area contributed by atoms with Gasteiger partial charge in [0, 0.05) is 12.6 Å². The Kier molecular flexibility index (Phi) is 4.49. The van der Waals surface area contributed by atoms with E-state index in [-0.39, 0.29) is 18.6 Å². The minimum absolute atomic E-state index is 0.0600. The molecule has 0 saturated heterocycles. The van der Waals surface area contributed by atoms with Gasteiger partial charge in [-0.2, -0.15) is 5.10 Å². The molecule has 0 aliphatic heterocycles. The van der Waals surface area contributed by atoms with Gasteiger partial charge in [-0.3, -0.25) is 9.69 Å². The van der Waals surface area contributed by atoms with Crippen molar-refractivity contribution in [2.24, 2.45) is 11.8 Å². The molecule has 1 heterocycles. The predicted octanol–water partition coefficient (Wildman–Crippen LogP) is 1.50. The first-order valence-corrected chi connectivity index (χ1v) is 8.24. The molecule has 2 aliphatic rings. The van der Waals surface area contributed by atoms with E-state index in [0.717, 1.165) is 18.7 Å². The Morgan fingerprint density at radius 2 is 2.14 bits per heavy atom. The summed E-state index contributed by atoms with van der Waals surface area (Å²) >= 11 is 0. The molecule has 22 heavy (non-hydrogen) atoms. The summed E-state index contributed by atoms with van der Waals surface area (Å²) in [7, 11) is 1.87. The maximum Gasteiger partial charge on any atom is 0.239 e. The fourth-order valence-corrected chi connectivity index (χ4v) is 2.96. The molecule has 6 nitrogen and oxygen atoms in total. The van der Waals surface area contributed by atoms with Crippen molar-refractivity contribution in [3.05, 3.63) is 12.3 Å². The SMILES string of the molecule is CC(C1CC1)n1nccc1NC(=O)CN(C)CC(O)C1CC1. The molecule has 2 aliphatic carbocycles. The molecule has 0 aromatic carbocycles. The van der Waals surface area contributed by atoms with Crippen molar-refractivity contribution in [1.82, 2.24) is 14.7 Å². The molecule has 0 bridgehead atoms. The van der Waals surface area contributed by atoms with Gasteiger partial charge in [-0.15, -0.1) is 0 Å². The van der Waals surface area contributed by atoms with E-state index in [4.69, 9.17) is 0 Å². The Bertz CT molecular complexity index is 522. The normalized spacial score (nSPS) is 20.9. The van der Waals surface area contributed by atoms with E-state index in [1.165, 1.54) is 12.8 Å². The van der Waals surface area contributed by atoms with Crippen LogP contribution in [-0.2, 0) is 4.79 Å². The average Bonchev–Trinajstić information content (AvgIpc) is 3.35. The number of likely N-dealkylation sites (N-methyl/N-ethyl adjacent to an activating group) is 1. The number of hydrogen-bond donors (Lipinski definition) is 2. The molecule has 2 N–H and O–H groups in total. The topological polar surface area (TPSA) is 70.4 Å². The largest absolute Gasteiger partial charge is 0.392 e. The van der Waals surface area contributed by atoms with E-state index in [1.807, 2.05) is 22.7 Å². The lowest BCUT2D eigenvalue weighted by atomic mass is 10.2. The highest BCUT2D eigenvalue weighted by Crippen LogP contribution is 2.40. The van der Waals surface area contributed by atoms with Gasteiger partial charge in [-0.1, -0.05) is 0 Å².